The number of hydrogen-bond donors (Lipinski definition) is 1. The van der Waals surface area contributed by atoms with Gasteiger partial charge in [0, 0.05) is 23.2 Å². The Labute approximate surface area is 230 Å². The van der Waals surface area contributed by atoms with Crippen LogP contribution in [0.1, 0.15) is 41.8 Å². The first kappa shape index (κ1) is 29.0. The van der Waals surface area contributed by atoms with E-state index in [9.17, 15) is 9.59 Å². The summed E-state index contributed by atoms with van der Waals surface area (Å²) in [7, 11) is 3.22. The van der Waals surface area contributed by atoms with E-state index in [-0.39, 0.29) is 24.5 Å². The maximum Gasteiger partial charge on any atom is 0.322 e. The van der Waals surface area contributed by atoms with Crippen molar-refractivity contribution in [2.45, 2.75) is 53.1 Å². The molecule has 38 heavy (non-hydrogen) atoms. The van der Waals surface area contributed by atoms with Crippen LogP contribution in [0.3, 0.4) is 0 Å². The average Bonchev–Trinajstić information content (AvgIpc) is 3.44. The van der Waals surface area contributed by atoms with E-state index < -0.39 is 0 Å². The monoisotopic (exact) mass is 537 g/mol. The van der Waals surface area contributed by atoms with Crippen LogP contribution < -0.4 is 14.8 Å². The van der Waals surface area contributed by atoms with Gasteiger partial charge in [0.2, 0.25) is 5.91 Å². The van der Waals surface area contributed by atoms with Crippen molar-refractivity contribution in [1.29, 1.82) is 0 Å². The molecule has 7 nitrogen and oxygen atoms in total. The van der Waals surface area contributed by atoms with Crippen LogP contribution in [0.2, 0.25) is 0 Å². The second-order valence-electron chi connectivity index (χ2n) is 9.40. The molecule has 3 aromatic rings. The first-order valence-electron chi connectivity index (χ1n) is 12.9. The van der Waals surface area contributed by atoms with Crippen molar-refractivity contribution in [3.8, 4) is 11.5 Å². The number of hydrogen-bond acceptors (Lipinski definition) is 5. The average molecular weight is 538 g/mol. The fourth-order valence-corrected chi connectivity index (χ4v) is 4.87. The number of urea groups is 1. The molecule has 2 aromatic carbocycles. The molecule has 0 aliphatic carbocycles. The minimum Gasteiger partial charge on any atom is -0.493 e. The molecule has 0 aliphatic heterocycles. The van der Waals surface area contributed by atoms with Crippen LogP contribution in [0.25, 0.3) is 0 Å². The Hall–Kier alpha value is -3.52. The van der Waals surface area contributed by atoms with Crippen LogP contribution in [0, 0.1) is 13.8 Å². The Kier molecular flexibility index (Phi) is 10.6. The van der Waals surface area contributed by atoms with E-state index in [1.165, 1.54) is 0 Å². The summed E-state index contributed by atoms with van der Waals surface area (Å²) in [5.41, 5.74) is 3.93. The second kappa shape index (κ2) is 13.9. The van der Waals surface area contributed by atoms with Crippen molar-refractivity contribution in [1.82, 2.24) is 9.80 Å². The fraction of sp³-hybridized carbons (Fsp3) is 0.400. The SMILES string of the molecule is CCC(C)N(CC(=O)N(CCc1ccc(OC)c(OC)c1)Cc1cccs1)C(=O)Nc1cccc(C)c1C. The van der Waals surface area contributed by atoms with Gasteiger partial charge in [0.15, 0.2) is 11.5 Å². The Balaban J connectivity index is 1.78. The number of carbonyl (C=O) groups is 2. The number of amides is 3. The molecule has 0 saturated heterocycles. The molecule has 204 valence electrons. The van der Waals surface area contributed by atoms with Gasteiger partial charge in [0.1, 0.15) is 6.54 Å². The van der Waals surface area contributed by atoms with Crippen LogP contribution in [-0.4, -0.2) is 55.1 Å². The summed E-state index contributed by atoms with van der Waals surface area (Å²) in [5, 5.41) is 5.04. The van der Waals surface area contributed by atoms with Crippen molar-refractivity contribution < 1.29 is 19.1 Å². The Bertz CT molecular complexity index is 1210. The number of rotatable bonds is 12. The van der Waals surface area contributed by atoms with Crippen LogP contribution in [0.15, 0.2) is 53.9 Å². The highest BCUT2D eigenvalue weighted by molar-refractivity contribution is 7.09. The molecule has 1 unspecified atom stereocenters. The third-order valence-electron chi connectivity index (χ3n) is 6.93. The maximum atomic E-state index is 13.7. The number of anilines is 1. The van der Waals surface area contributed by atoms with E-state index >= 15 is 0 Å². The summed E-state index contributed by atoms with van der Waals surface area (Å²) in [6, 6.07) is 15.3. The third-order valence-corrected chi connectivity index (χ3v) is 7.79. The molecule has 1 N–H and O–H groups in total. The maximum absolute atomic E-state index is 13.7. The molecular weight excluding hydrogens is 498 g/mol. The summed E-state index contributed by atoms with van der Waals surface area (Å²) in [6.45, 7) is 9.01. The highest BCUT2D eigenvalue weighted by Crippen LogP contribution is 2.28. The van der Waals surface area contributed by atoms with E-state index in [0.29, 0.717) is 31.0 Å². The predicted octanol–water partition coefficient (Wildman–Crippen LogP) is 6.29. The Morgan fingerprint density at radius 3 is 2.45 bits per heavy atom. The lowest BCUT2D eigenvalue weighted by Crippen LogP contribution is -2.48. The third kappa shape index (κ3) is 7.51. The normalized spacial score (nSPS) is 11.5. The summed E-state index contributed by atoms with van der Waals surface area (Å²) >= 11 is 1.62. The molecule has 8 heteroatoms. The smallest absolute Gasteiger partial charge is 0.322 e. The molecule has 1 aromatic heterocycles. The molecule has 1 atom stereocenters. The lowest BCUT2D eigenvalue weighted by Gasteiger charge is -2.31. The Morgan fingerprint density at radius 2 is 1.79 bits per heavy atom. The van der Waals surface area contributed by atoms with Crippen molar-refractivity contribution >= 4 is 29.0 Å². The van der Waals surface area contributed by atoms with E-state index in [1.54, 1.807) is 30.5 Å². The number of carbonyl (C=O) groups excluding carboxylic acids is 2. The van der Waals surface area contributed by atoms with Gasteiger partial charge < -0.3 is 24.6 Å². The largest absolute Gasteiger partial charge is 0.493 e. The zero-order valence-corrected chi connectivity index (χ0v) is 24.1. The van der Waals surface area contributed by atoms with Crippen molar-refractivity contribution in [2.75, 3.05) is 32.6 Å². The Morgan fingerprint density at radius 1 is 1.03 bits per heavy atom. The lowest BCUT2D eigenvalue weighted by atomic mass is 10.1. The number of nitrogens with zero attached hydrogens (tertiary/aromatic N) is 2. The first-order chi connectivity index (χ1) is 18.3. The van der Waals surface area contributed by atoms with E-state index in [2.05, 4.69) is 5.32 Å². The molecule has 3 amide bonds. The topological polar surface area (TPSA) is 71.1 Å². The molecule has 0 fully saturated rings. The van der Waals surface area contributed by atoms with E-state index in [4.69, 9.17) is 9.47 Å². The highest BCUT2D eigenvalue weighted by Gasteiger charge is 2.25. The molecular formula is C30H39N3O4S. The van der Waals surface area contributed by atoms with Crippen LogP contribution in [0.5, 0.6) is 11.5 Å². The van der Waals surface area contributed by atoms with Gasteiger partial charge >= 0.3 is 6.03 Å². The fourth-order valence-electron chi connectivity index (χ4n) is 4.15. The standard InChI is InChI=1S/C30H39N3O4S/c1-7-22(3)33(30(35)31-26-12-8-10-21(2)23(26)4)20-29(34)32(19-25-11-9-17-38-25)16-15-24-13-14-27(36-5)28(18-24)37-6/h8-14,17-18,22H,7,15-16,19-20H2,1-6H3,(H,31,35). The molecule has 0 radical (unpaired) electrons. The molecule has 0 aliphatic rings. The zero-order chi connectivity index (χ0) is 27.7. The lowest BCUT2D eigenvalue weighted by molar-refractivity contribution is -0.132. The summed E-state index contributed by atoms with van der Waals surface area (Å²) < 4.78 is 10.8. The summed E-state index contributed by atoms with van der Waals surface area (Å²) in [5.74, 6) is 1.24. The minimum atomic E-state index is -0.266. The summed E-state index contributed by atoms with van der Waals surface area (Å²) in [4.78, 5) is 31.6. The van der Waals surface area contributed by atoms with E-state index in [1.807, 2.05) is 86.5 Å². The van der Waals surface area contributed by atoms with Crippen molar-refractivity contribution in [3.05, 3.63) is 75.5 Å². The van der Waals surface area contributed by atoms with Gasteiger partial charge in [-0.2, -0.15) is 0 Å². The number of nitrogens with one attached hydrogen (secondary N) is 1. The predicted molar refractivity (Wildman–Crippen MR) is 154 cm³/mol. The molecule has 3 rings (SSSR count). The van der Waals surface area contributed by atoms with Crippen LogP contribution in [-0.2, 0) is 17.8 Å². The van der Waals surface area contributed by atoms with Crippen molar-refractivity contribution in [2.24, 2.45) is 0 Å². The molecule has 0 spiro atoms. The van der Waals surface area contributed by atoms with Gasteiger partial charge in [-0.3, -0.25) is 4.79 Å². The van der Waals surface area contributed by atoms with Crippen molar-refractivity contribution in [3.63, 3.8) is 0 Å². The number of methoxy groups -OCH3 is 2. The van der Waals surface area contributed by atoms with Crippen LogP contribution >= 0.6 is 11.3 Å². The van der Waals surface area contributed by atoms with Gasteiger partial charge in [-0.25, -0.2) is 4.79 Å². The van der Waals surface area contributed by atoms with E-state index in [0.717, 1.165) is 33.7 Å². The zero-order valence-electron chi connectivity index (χ0n) is 23.2. The van der Waals surface area contributed by atoms with Gasteiger partial charge in [0.25, 0.3) is 0 Å². The number of aryl methyl sites for hydroxylation is 1. The molecule has 0 saturated carbocycles. The van der Waals surface area contributed by atoms with Gasteiger partial charge in [0.05, 0.1) is 20.8 Å². The minimum absolute atomic E-state index is 0.00299. The van der Waals surface area contributed by atoms with Crippen LogP contribution in [0.4, 0.5) is 10.5 Å². The van der Waals surface area contributed by atoms with Gasteiger partial charge in [-0.1, -0.05) is 31.2 Å². The number of ether oxygens (including phenoxy) is 2. The van der Waals surface area contributed by atoms with Gasteiger partial charge in [-0.15, -0.1) is 11.3 Å². The second-order valence-corrected chi connectivity index (χ2v) is 10.4. The van der Waals surface area contributed by atoms with Gasteiger partial charge in [-0.05, 0) is 79.9 Å². The summed E-state index contributed by atoms with van der Waals surface area (Å²) in [6.07, 6.45) is 1.39. The number of benzene rings is 2. The first-order valence-corrected chi connectivity index (χ1v) is 13.8. The number of thiophene rings is 1. The quantitative estimate of drug-likeness (QED) is 0.295. The highest BCUT2D eigenvalue weighted by atomic mass is 32.1. The molecule has 1 heterocycles. The molecule has 0 bridgehead atoms.